The van der Waals surface area contributed by atoms with E-state index in [-0.39, 0.29) is 11.6 Å². The number of hydrogen-bond acceptors (Lipinski definition) is 2. The van der Waals surface area contributed by atoms with Crippen LogP contribution in [0.1, 0.15) is 15.9 Å². The second-order valence-electron chi connectivity index (χ2n) is 3.91. The standard InChI is InChI=1S/C15H13FOS/c16-14-8-6-13(7-9-14)15(17)11-18-10-12-4-2-1-3-5-12/h1-9H,10-11H2. The summed E-state index contributed by atoms with van der Waals surface area (Å²) in [5.74, 6) is 0.952. The summed E-state index contributed by atoms with van der Waals surface area (Å²) in [6.07, 6.45) is 0. The highest BCUT2D eigenvalue weighted by Gasteiger charge is 2.05. The molecule has 0 heterocycles. The molecule has 3 heteroatoms. The van der Waals surface area contributed by atoms with E-state index in [1.807, 2.05) is 30.3 Å². The van der Waals surface area contributed by atoms with Gasteiger partial charge in [0.25, 0.3) is 0 Å². The maximum atomic E-state index is 12.7. The highest BCUT2D eigenvalue weighted by Crippen LogP contribution is 2.14. The van der Waals surface area contributed by atoms with E-state index in [4.69, 9.17) is 0 Å². The van der Waals surface area contributed by atoms with Crippen molar-refractivity contribution in [1.29, 1.82) is 0 Å². The molecule has 1 nitrogen and oxygen atoms in total. The predicted molar refractivity (Wildman–Crippen MR) is 73.3 cm³/mol. The number of ketones is 1. The van der Waals surface area contributed by atoms with Crippen molar-refractivity contribution in [1.82, 2.24) is 0 Å². The number of Topliss-reactive ketones (excluding diaryl/α,β-unsaturated/α-hetero) is 1. The number of benzene rings is 2. The van der Waals surface area contributed by atoms with Gasteiger partial charge in [-0.05, 0) is 29.8 Å². The van der Waals surface area contributed by atoms with Crippen molar-refractivity contribution in [3.8, 4) is 0 Å². The summed E-state index contributed by atoms with van der Waals surface area (Å²) >= 11 is 1.57. The van der Waals surface area contributed by atoms with Gasteiger partial charge in [0.1, 0.15) is 5.82 Å². The molecule has 0 aliphatic carbocycles. The molecule has 0 spiro atoms. The molecule has 2 aromatic carbocycles. The molecule has 0 fully saturated rings. The Morgan fingerprint density at radius 2 is 1.67 bits per heavy atom. The molecule has 0 amide bonds. The largest absolute Gasteiger partial charge is 0.293 e. The second kappa shape index (κ2) is 6.36. The van der Waals surface area contributed by atoms with E-state index in [1.165, 1.54) is 29.8 Å². The molecule has 0 bridgehead atoms. The Kier molecular flexibility index (Phi) is 4.53. The topological polar surface area (TPSA) is 17.1 Å². The van der Waals surface area contributed by atoms with Gasteiger partial charge >= 0.3 is 0 Å². The number of hydrogen-bond donors (Lipinski definition) is 0. The van der Waals surface area contributed by atoms with Crippen molar-refractivity contribution < 1.29 is 9.18 Å². The zero-order chi connectivity index (χ0) is 12.8. The summed E-state index contributed by atoms with van der Waals surface area (Å²) in [5, 5.41) is 0. The molecule has 92 valence electrons. The van der Waals surface area contributed by atoms with Crippen LogP contribution in [0.15, 0.2) is 54.6 Å². The van der Waals surface area contributed by atoms with Crippen LogP contribution in [0, 0.1) is 5.82 Å². The first-order chi connectivity index (χ1) is 8.75. The quantitative estimate of drug-likeness (QED) is 0.757. The summed E-state index contributed by atoms with van der Waals surface area (Å²) in [6.45, 7) is 0. The predicted octanol–water partition coefficient (Wildman–Crippen LogP) is 3.94. The van der Waals surface area contributed by atoms with Crippen LogP contribution in [-0.2, 0) is 5.75 Å². The molecule has 0 N–H and O–H groups in total. The first-order valence-electron chi connectivity index (χ1n) is 5.66. The van der Waals surface area contributed by atoms with Gasteiger partial charge in [0.15, 0.2) is 5.78 Å². The third-order valence-corrected chi connectivity index (χ3v) is 3.51. The smallest absolute Gasteiger partial charge is 0.172 e. The lowest BCUT2D eigenvalue weighted by atomic mass is 10.1. The first-order valence-corrected chi connectivity index (χ1v) is 6.81. The van der Waals surface area contributed by atoms with E-state index in [0.29, 0.717) is 11.3 Å². The minimum absolute atomic E-state index is 0.0379. The van der Waals surface area contributed by atoms with Gasteiger partial charge in [-0.2, -0.15) is 0 Å². The molecule has 18 heavy (non-hydrogen) atoms. The Morgan fingerprint density at radius 3 is 2.33 bits per heavy atom. The number of rotatable bonds is 5. The summed E-state index contributed by atoms with van der Waals surface area (Å²) in [5.41, 5.74) is 1.77. The molecule has 0 atom stereocenters. The molecule has 2 rings (SSSR count). The zero-order valence-electron chi connectivity index (χ0n) is 9.80. The van der Waals surface area contributed by atoms with Crippen LogP contribution in [0.3, 0.4) is 0 Å². The highest BCUT2D eigenvalue weighted by atomic mass is 32.2. The van der Waals surface area contributed by atoms with Gasteiger partial charge in [0, 0.05) is 11.3 Å². The Bertz CT molecular complexity index is 508. The first kappa shape index (κ1) is 12.8. The van der Waals surface area contributed by atoms with E-state index in [1.54, 1.807) is 11.8 Å². The molecule has 0 unspecified atom stereocenters. The van der Waals surface area contributed by atoms with Crippen molar-refractivity contribution in [3.63, 3.8) is 0 Å². The average Bonchev–Trinajstić information content (AvgIpc) is 2.40. The number of halogens is 1. The molecule has 0 aliphatic heterocycles. The Hall–Kier alpha value is -1.61. The van der Waals surface area contributed by atoms with Crippen LogP contribution < -0.4 is 0 Å². The summed E-state index contributed by atoms with van der Waals surface area (Å²) in [6, 6.07) is 15.7. The van der Waals surface area contributed by atoms with E-state index >= 15 is 0 Å². The van der Waals surface area contributed by atoms with Gasteiger partial charge in [0.05, 0.1) is 5.75 Å². The van der Waals surface area contributed by atoms with E-state index in [2.05, 4.69) is 0 Å². The van der Waals surface area contributed by atoms with Crippen molar-refractivity contribution in [3.05, 3.63) is 71.5 Å². The molecule has 0 radical (unpaired) electrons. The Balaban J connectivity index is 1.84. The molecule has 0 saturated heterocycles. The van der Waals surface area contributed by atoms with Crippen LogP contribution in [0.2, 0.25) is 0 Å². The third kappa shape index (κ3) is 3.70. The Labute approximate surface area is 110 Å². The van der Waals surface area contributed by atoms with Crippen LogP contribution in [0.4, 0.5) is 4.39 Å². The lowest BCUT2D eigenvalue weighted by molar-refractivity contribution is 0.102. The van der Waals surface area contributed by atoms with Crippen molar-refractivity contribution in [2.24, 2.45) is 0 Å². The van der Waals surface area contributed by atoms with Crippen LogP contribution in [0.5, 0.6) is 0 Å². The molecule has 2 aromatic rings. The van der Waals surface area contributed by atoms with E-state index in [9.17, 15) is 9.18 Å². The van der Waals surface area contributed by atoms with Crippen LogP contribution >= 0.6 is 11.8 Å². The fraction of sp³-hybridized carbons (Fsp3) is 0.133. The summed E-state index contributed by atoms with van der Waals surface area (Å²) in [7, 11) is 0. The summed E-state index contributed by atoms with van der Waals surface area (Å²) < 4.78 is 12.7. The summed E-state index contributed by atoms with van der Waals surface area (Å²) in [4.78, 5) is 11.8. The van der Waals surface area contributed by atoms with E-state index < -0.39 is 0 Å². The number of thioether (sulfide) groups is 1. The monoisotopic (exact) mass is 260 g/mol. The maximum Gasteiger partial charge on any atom is 0.172 e. The van der Waals surface area contributed by atoms with Gasteiger partial charge in [-0.25, -0.2) is 4.39 Å². The van der Waals surface area contributed by atoms with Gasteiger partial charge in [-0.15, -0.1) is 11.8 Å². The molecular formula is C15H13FOS. The number of carbonyl (C=O) groups is 1. The van der Waals surface area contributed by atoms with E-state index in [0.717, 1.165) is 5.75 Å². The molecular weight excluding hydrogens is 247 g/mol. The Morgan fingerprint density at radius 1 is 1.00 bits per heavy atom. The van der Waals surface area contributed by atoms with Crippen molar-refractivity contribution >= 4 is 17.5 Å². The molecule has 0 aliphatic rings. The minimum Gasteiger partial charge on any atom is -0.293 e. The lowest BCUT2D eigenvalue weighted by Crippen LogP contribution is -2.02. The normalized spacial score (nSPS) is 10.3. The lowest BCUT2D eigenvalue weighted by Gasteiger charge is -2.02. The van der Waals surface area contributed by atoms with Crippen LogP contribution in [-0.4, -0.2) is 11.5 Å². The maximum absolute atomic E-state index is 12.7. The average molecular weight is 260 g/mol. The molecule has 0 aromatic heterocycles. The second-order valence-corrected chi connectivity index (χ2v) is 4.89. The van der Waals surface area contributed by atoms with Gasteiger partial charge in [-0.3, -0.25) is 4.79 Å². The third-order valence-electron chi connectivity index (χ3n) is 2.51. The minimum atomic E-state index is -0.316. The van der Waals surface area contributed by atoms with Gasteiger partial charge < -0.3 is 0 Å². The fourth-order valence-electron chi connectivity index (χ4n) is 1.55. The van der Waals surface area contributed by atoms with Gasteiger partial charge in [-0.1, -0.05) is 30.3 Å². The highest BCUT2D eigenvalue weighted by molar-refractivity contribution is 7.99. The van der Waals surface area contributed by atoms with Crippen molar-refractivity contribution in [2.75, 3.05) is 5.75 Å². The van der Waals surface area contributed by atoms with Crippen LogP contribution in [0.25, 0.3) is 0 Å². The zero-order valence-corrected chi connectivity index (χ0v) is 10.6. The fourth-order valence-corrected chi connectivity index (χ4v) is 2.44. The van der Waals surface area contributed by atoms with Crippen molar-refractivity contribution in [2.45, 2.75) is 5.75 Å². The number of carbonyl (C=O) groups excluding carboxylic acids is 1. The molecule has 0 saturated carbocycles. The van der Waals surface area contributed by atoms with Gasteiger partial charge in [0.2, 0.25) is 0 Å². The SMILES string of the molecule is O=C(CSCc1ccccc1)c1ccc(F)cc1.